The maximum absolute atomic E-state index is 12.7. The van der Waals surface area contributed by atoms with Gasteiger partial charge in [-0.1, -0.05) is 12.1 Å². The van der Waals surface area contributed by atoms with Crippen molar-refractivity contribution in [3.8, 4) is 0 Å². The van der Waals surface area contributed by atoms with Crippen LogP contribution < -0.4 is 0 Å². The second-order valence-corrected chi connectivity index (χ2v) is 6.42. The summed E-state index contributed by atoms with van der Waals surface area (Å²) >= 11 is 0. The molecule has 1 fully saturated rings. The maximum Gasteiger partial charge on any atom is 0.254 e. The third kappa shape index (κ3) is 2.72. The van der Waals surface area contributed by atoms with Crippen LogP contribution in [0.15, 0.2) is 18.2 Å². The maximum atomic E-state index is 12.7. The Labute approximate surface area is 125 Å². The lowest BCUT2D eigenvalue weighted by molar-refractivity contribution is 0.0784. The van der Waals surface area contributed by atoms with Crippen LogP contribution in [0.5, 0.6) is 0 Å². The van der Waals surface area contributed by atoms with E-state index in [0.717, 1.165) is 42.7 Å². The average Bonchev–Trinajstić information content (AvgIpc) is 3.05. The molecule has 1 aliphatic carbocycles. The quantitative estimate of drug-likeness (QED) is 0.851. The molecule has 0 bridgehead atoms. The van der Waals surface area contributed by atoms with E-state index in [9.17, 15) is 9.59 Å². The van der Waals surface area contributed by atoms with E-state index in [2.05, 4.69) is 19.0 Å². The summed E-state index contributed by atoms with van der Waals surface area (Å²) in [5, 5.41) is 0. The fourth-order valence-electron chi connectivity index (χ4n) is 3.54. The molecule has 1 atom stereocenters. The van der Waals surface area contributed by atoms with Gasteiger partial charge in [0.05, 0.1) is 0 Å². The molecular weight excluding hydrogens is 264 g/mol. The molecule has 21 heavy (non-hydrogen) atoms. The molecule has 0 spiro atoms. The van der Waals surface area contributed by atoms with Gasteiger partial charge in [-0.2, -0.15) is 0 Å². The number of carbonyl (C=O) groups is 2. The standard InChI is InChI=1S/C17H22N2O2/c1-18(2)10-12-8-9-19(11-12)17(21)15-5-3-4-14-13(15)6-7-16(14)20/h3-5,12H,6-11H2,1-2H3/t12-/m1/s1. The van der Waals surface area contributed by atoms with Gasteiger partial charge < -0.3 is 9.80 Å². The highest BCUT2D eigenvalue weighted by molar-refractivity contribution is 6.05. The molecule has 1 heterocycles. The molecule has 1 aromatic carbocycles. The van der Waals surface area contributed by atoms with Crippen LogP contribution in [0.25, 0.3) is 0 Å². The zero-order valence-corrected chi connectivity index (χ0v) is 12.8. The molecule has 0 N–H and O–H groups in total. The molecule has 1 saturated heterocycles. The average molecular weight is 286 g/mol. The summed E-state index contributed by atoms with van der Waals surface area (Å²) < 4.78 is 0. The number of carbonyl (C=O) groups excluding carboxylic acids is 2. The van der Waals surface area contributed by atoms with E-state index in [-0.39, 0.29) is 11.7 Å². The summed E-state index contributed by atoms with van der Waals surface area (Å²) in [5.41, 5.74) is 2.46. The van der Waals surface area contributed by atoms with Crippen molar-refractivity contribution in [2.75, 3.05) is 33.7 Å². The van der Waals surface area contributed by atoms with Crippen LogP contribution >= 0.6 is 0 Å². The number of amides is 1. The summed E-state index contributed by atoms with van der Waals surface area (Å²) in [6.07, 6.45) is 2.33. The van der Waals surface area contributed by atoms with E-state index < -0.39 is 0 Å². The zero-order chi connectivity index (χ0) is 15.0. The lowest BCUT2D eigenvalue weighted by atomic mass is 10.0. The summed E-state index contributed by atoms with van der Waals surface area (Å²) in [5.74, 6) is 0.830. The molecule has 1 aliphatic heterocycles. The van der Waals surface area contributed by atoms with Crippen LogP contribution in [-0.4, -0.2) is 55.2 Å². The second-order valence-electron chi connectivity index (χ2n) is 6.42. The Kier molecular flexibility index (Phi) is 3.81. The number of fused-ring (bicyclic) bond motifs is 1. The van der Waals surface area contributed by atoms with Crippen LogP contribution in [0.1, 0.15) is 39.1 Å². The van der Waals surface area contributed by atoms with Crippen LogP contribution in [0.3, 0.4) is 0 Å². The largest absolute Gasteiger partial charge is 0.338 e. The Hall–Kier alpha value is -1.68. The first-order valence-corrected chi connectivity index (χ1v) is 7.65. The Balaban J connectivity index is 1.77. The van der Waals surface area contributed by atoms with E-state index >= 15 is 0 Å². The highest BCUT2D eigenvalue weighted by Gasteiger charge is 2.30. The van der Waals surface area contributed by atoms with Crippen LogP contribution in [0, 0.1) is 5.92 Å². The smallest absolute Gasteiger partial charge is 0.254 e. The van der Waals surface area contributed by atoms with E-state index in [1.807, 2.05) is 23.1 Å². The molecule has 0 saturated carbocycles. The minimum atomic E-state index is 0.0998. The molecule has 2 aliphatic rings. The van der Waals surface area contributed by atoms with Crippen molar-refractivity contribution in [1.29, 1.82) is 0 Å². The van der Waals surface area contributed by atoms with Crippen molar-refractivity contribution in [2.45, 2.75) is 19.3 Å². The minimum absolute atomic E-state index is 0.0998. The first-order chi connectivity index (χ1) is 10.1. The minimum Gasteiger partial charge on any atom is -0.338 e. The van der Waals surface area contributed by atoms with Gasteiger partial charge in [-0.3, -0.25) is 9.59 Å². The first kappa shape index (κ1) is 14.3. The van der Waals surface area contributed by atoms with Crippen LogP contribution in [-0.2, 0) is 6.42 Å². The van der Waals surface area contributed by atoms with Gasteiger partial charge in [0.25, 0.3) is 5.91 Å². The van der Waals surface area contributed by atoms with Gasteiger partial charge in [0.1, 0.15) is 0 Å². The SMILES string of the molecule is CN(C)C[C@H]1CCN(C(=O)c2cccc3c2CCC3=O)C1. The molecule has 0 aromatic heterocycles. The highest BCUT2D eigenvalue weighted by atomic mass is 16.2. The molecule has 3 rings (SSSR count). The Morgan fingerprint density at radius 1 is 1.33 bits per heavy atom. The van der Waals surface area contributed by atoms with E-state index in [4.69, 9.17) is 0 Å². The Bertz CT molecular complexity index is 580. The third-order valence-electron chi connectivity index (χ3n) is 4.51. The molecule has 112 valence electrons. The number of nitrogens with zero attached hydrogens (tertiary/aromatic N) is 2. The van der Waals surface area contributed by atoms with Gasteiger partial charge in [-0.05, 0) is 44.5 Å². The fraction of sp³-hybridized carbons (Fsp3) is 0.529. The number of rotatable bonds is 3. The monoisotopic (exact) mass is 286 g/mol. The predicted molar refractivity (Wildman–Crippen MR) is 81.7 cm³/mol. The van der Waals surface area contributed by atoms with Gasteiger partial charge in [-0.15, -0.1) is 0 Å². The number of ketones is 1. The third-order valence-corrected chi connectivity index (χ3v) is 4.51. The summed E-state index contributed by atoms with van der Waals surface area (Å²) in [7, 11) is 4.14. The van der Waals surface area contributed by atoms with E-state index in [1.54, 1.807) is 0 Å². The van der Waals surface area contributed by atoms with E-state index in [1.165, 1.54) is 0 Å². The van der Waals surface area contributed by atoms with Crippen molar-refractivity contribution < 1.29 is 9.59 Å². The Morgan fingerprint density at radius 2 is 2.14 bits per heavy atom. The molecule has 4 nitrogen and oxygen atoms in total. The van der Waals surface area contributed by atoms with Crippen molar-refractivity contribution in [3.05, 3.63) is 34.9 Å². The summed E-state index contributed by atoms with van der Waals surface area (Å²) in [6, 6.07) is 5.56. The zero-order valence-electron chi connectivity index (χ0n) is 12.8. The topological polar surface area (TPSA) is 40.6 Å². The normalized spacial score (nSPS) is 21.2. The molecule has 1 aromatic rings. The number of Topliss-reactive ketones (excluding diaryl/α,β-unsaturated/α-hetero) is 1. The van der Waals surface area contributed by atoms with Crippen molar-refractivity contribution >= 4 is 11.7 Å². The molecule has 1 amide bonds. The second kappa shape index (κ2) is 5.60. The first-order valence-electron chi connectivity index (χ1n) is 7.65. The number of hydrogen-bond acceptors (Lipinski definition) is 3. The van der Waals surface area contributed by atoms with Crippen LogP contribution in [0.4, 0.5) is 0 Å². The van der Waals surface area contributed by atoms with Gasteiger partial charge in [-0.25, -0.2) is 0 Å². The fourth-order valence-corrected chi connectivity index (χ4v) is 3.54. The number of hydrogen-bond donors (Lipinski definition) is 0. The molecule has 0 radical (unpaired) electrons. The lowest BCUT2D eigenvalue weighted by Crippen LogP contribution is -2.31. The predicted octanol–water partition coefficient (Wildman–Crippen LogP) is 1.84. The summed E-state index contributed by atoms with van der Waals surface area (Å²) in [4.78, 5) is 28.7. The van der Waals surface area contributed by atoms with Gasteiger partial charge >= 0.3 is 0 Å². The molecule has 4 heteroatoms. The van der Waals surface area contributed by atoms with Gasteiger partial charge in [0.15, 0.2) is 5.78 Å². The van der Waals surface area contributed by atoms with Gasteiger partial charge in [0.2, 0.25) is 0 Å². The molecule has 0 unspecified atom stereocenters. The highest BCUT2D eigenvalue weighted by Crippen LogP contribution is 2.28. The van der Waals surface area contributed by atoms with E-state index in [0.29, 0.717) is 18.8 Å². The number of likely N-dealkylation sites (tertiary alicyclic amines) is 1. The van der Waals surface area contributed by atoms with Crippen molar-refractivity contribution in [1.82, 2.24) is 9.80 Å². The molecular formula is C17H22N2O2. The van der Waals surface area contributed by atoms with Crippen molar-refractivity contribution in [2.24, 2.45) is 5.92 Å². The van der Waals surface area contributed by atoms with Gasteiger partial charge in [0, 0.05) is 37.2 Å². The van der Waals surface area contributed by atoms with Crippen LogP contribution in [0.2, 0.25) is 0 Å². The Morgan fingerprint density at radius 3 is 2.90 bits per heavy atom. The summed E-state index contributed by atoms with van der Waals surface area (Å²) in [6.45, 7) is 2.68. The number of benzene rings is 1. The lowest BCUT2D eigenvalue weighted by Gasteiger charge is -2.19. The van der Waals surface area contributed by atoms with Crippen molar-refractivity contribution in [3.63, 3.8) is 0 Å².